The Kier molecular flexibility index (Phi) is 4.44. The Morgan fingerprint density at radius 1 is 1.30 bits per heavy atom. The Hall–Kier alpha value is -1.82. The molecule has 0 saturated carbocycles. The van der Waals surface area contributed by atoms with Crippen LogP contribution in [0.3, 0.4) is 0 Å². The molecule has 5 nitrogen and oxygen atoms in total. The summed E-state index contributed by atoms with van der Waals surface area (Å²) in [5.74, 6) is -0.371. The van der Waals surface area contributed by atoms with E-state index in [-0.39, 0.29) is 6.42 Å². The first-order valence-electron chi connectivity index (χ1n) is 5.88. The number of methoxy groups -OCH3 is 2. The van der Waals surface area contributed by atoms with E-state index in [0.29, 0.717) is 11.3 Å². The molecule has 0 N–H and O–H groups in total. The molecule has 0 amide bonds. The number of benzene rings is 1. The van der Waals surface area contributed by atoms with Gasteiger partial charge in [0.15, 0.2) is 0 Å². The van der Waals surface area contributed by atoms with Crippen LogP contribution in [0.25, 0.3) is 6.08 Å². The maximum absolute atomic E-state index is 11.8. The zero-order valence-electron chi connectivity index (χ0n) is 11.0. The average Bonchev–Trinajstić information content (AvgIpc) is 2.45. The number of hydrogen-bond acceptors (Lipinski definition) is 5. The van der Waals surface area contributed by atoms with E-state index in [1.165, 1.54) is 14.2 Å². The number of rotatable bonds is 3. The second-order valence-corrected chi connectivity index (χ2v) is 5.08. The van der Waals surface area contributed by atoms with Gasteiger partial charge < -0.3 is 14.2 Å². The first-order valence-corrected chi connectivity index (χ1v) is 6.67. The highest BCUT2D eigenvalue weighted by atomic mass is 79.9. The highest BCUT2D eigenvalue weighted by Crippen LogP contribution is 2.33. The van der Waals surface area contributed by atoms with Crippen molar-refractivity contribution in [3.63, 3.8) is 0 Å². The van der Waals surface area contributed by atoms with Crippen LogP contribution in [0.15, 0.2) is 28.2 Å². The topological polar surface area (TPSA) is 61.8 Å². The molecule has 1 heterocycles. The van der Waals surface area contributed by atoms with Gasteiger partial charge in [-0.15, -0.1) is 0 Å². The molecule has 106 valence electrons. The molecule has 1 aromatic rings. The number of halogens is 1. The van der Waals surface area contributed by atoms with E-state index in [2.05, 4.69) is 20.7 Å². The summed E-state index contributed by atoms with van der Waals surface area (Å²) in [5, 5.41) is 0. The minimum atomic E-state index is -0.705. The number of carbonyl (C=O) groups is 2. The SMILES string of the molecule is COC(=O)CC1Oc2ccc(Br)cc2C=C1C(=O)OC. The highest BCUT2D eigenvalue weighted by molar-refractivity contribution is 9.10. The van der Waals surface area contributed by atoms with Crippen LogP contribution in [0.2, 0.25) is 0 Å². The Labute approximate surface area is 124 Å². The van der Waals surface area contributed by atoms with E-state index in [0.717, 1.165) is 10.0 Å². The molecule has 1 aliphatic heterocycles. The van der Waals surface area contributed by atoms with Crippen LogP contribution >= 0.6 is 15.9 Å². The van der Waals surface area contributed by atoms with Gasteiger partial charge in [-0.2, -0.15) is 0 Å². The van der Waals surface area contributed by atoms with Gasteiger partial charge in [0.1, 0.15) is 11.9 Å². The lowest BCUT2D eigenvalue weighted by molar-refractivity contribution is -0.142. The fourth-order valence-corrected chi connectivity index (χ4v) is 2.29. The monoisotopic (exact) mass is 340 g/mol. The van der Waals surface area contributed by atoms with Crippen molar-refractivity contribution in [2.45, 2.75) is 12.5 Å². The number of esters is 2. The molecule has 2 rings (SSSR count). The summed E-state index contributed by atoms with van der Waals surface area (Å²) in [5.41, 5.74) is 1.05. The molecule has 1 atom stereocenters. The van der Waals surface area contributed by atoms with Gasteiger partial charge in [0.05, 0.1) is 26.2 Å². The Morgan fingerprint density at radius 3 is 2.70 bits per heavy atom. The minimum Gasteiger partial charge on any atom is -0.484 e. The van der Waals surface area contributed by atoms with Crippen molar-refractivity contribution in [3.8, 4) is 5.75 Å². The van der Waals surface area contributed by atoms with Crippen molar-refractivity contribution < 1.29 is 23.8 Å². The van der Waals surface area contributed by atoms with E-state index in [4.69, 9.17) is 9.47 Å². The maximum atomic E-state index is 11.8. The Morgan fingerprint density at radius 2 is 2.05 bits per heavy atom. The largest absolute Gasteiger partial charge is 0.484 e. The predicted molar refractivity (Wildman–Crippen MR) is 75.2 cm³/mol. The van der Waals surface area contributed by atoms with Crippen molar-refractivity contribution in [2.75, 3.05) is 14.2 Å². The second-order valence-electron chi connectivity index (χ2n) is 4.16. The molecule has 1 aromatic carbocycles. The smallest absolute Gasteiger partial charge is 0.337 e. The number of fused-ring (bicyclic) bond motifs is 1. The standard InChI is InChI=1S/C14H13BrO5/c1-18-13(16)7-12-10(14(17)19-2)6-8-5-9(15)3-4-11(8)20-12/h3-6,12H,7H2,1-2H3. The van der Waals surface area contributed by atoms with Crippen molar-refractivity contribution in [1.29, 1.82) is 0 Å². The van der Waals surface area contributed by atoms with Gasteiger partial charge in [-0.1, -0.05) is 15.9 Å². The van der Waals surface area contributed by atoms with Crippen LogP contribution in [-0.2, 0) is 19.1 Å². The van der Waals surface area contributed by atoms with Crippen molar-refractivity contribution in [2.24, 2.45) is 0 Å². The summed E-state index contributed by atoms with van der Waals surface area (Å²) in [7, 11) is 2.58. The molecule has 0 aliphatic carbocycles. The molecule has 0 radical (unpaired) electrons. The predicted octanol–water partition coefficient (Wildman–Crippen LogP) is 2.33. The van der Waals surface area contributed by atoms with Gasteiger partial charge in [0, 0.05) is 10.0 Å². The van der Waals surface area contributed by atoms with Gasteiger partial charge in [-0.3, -0.25) is 4.79 Å². The summed E-state index contributed by atoms with van der Waals surface area (Å²) in [4.78, 5) is 23.2. The first kappa shape index (κ1) is 14.6. The van der Waals surface area contributed by atoms with Gasteiger partial charge in [0.25, 0.3) is 0 Å². The van der Waals surface area contributed by atoms with Gasteiger partial charge in [-0.05, 0) is 24.3 Å². The number of hydrogen-bond donors (Lipinski definition) is 0. The molecule has 20 heavy (non-hydrogen) atoms. The molecular formula is C14H13BrO5. The molecule has 0 saturated heterocycles. The lowest BCUT2D eigenvalue weighted by Crippen LogP contribution is -2.30. The van der Waals surface area contributed by atoms with E-state index in [1.807, 2.05) is 12.1 Å². The lowest BCUT2D eigenvalue weighted by atomic mass is 9.99. The Bertz CT molecular complexity index is 579. The number of carbonyl (C=O) groups excluding carboxylic acids is 2. The highest BCUT2D eigenvalue weighted by Gasteiger charge is 2.30. The maximum Gasteiger partial charge on any atom is 0.337 e. The Balaban J connectivity index is 2.38. The average molecular weight is 341 g/mol. The fourth-order valence-electron chi connectivity index (χ4n) is 1.91. The van der Waals surface area contributed by atoms with Gasteiger partial charge >= 0.3 is 11.9 Å². The molecule has 0 spiro atoms. The van der Waals surface area contributed by atoms with E-state index in [1.54, 1.807) is 12.1 Å². The molecule has 1 aliphatic rings. The summed E-state index contributed by atoms with van der Waals surface area (Å²) >= 11 is 3.36. The fraction of sp³-hybridized carbons (Fsp3) is 0.286. The van der Waals surface area contributed by atoms with Crippen LogP contribution < -0.4 is 4.74 Å². The molecule has 0 fully saturated rings. The summed E-state index contributed by atoms with van der Waals surface area (Å²) in [6.07, 6.45) is 0.916. The minimum absolute atomic E-state index is 0.0487. The zero-order valence-corrected chi connectivity index (χ0v) is 12.6. The molecule has 0 aromatic heterocycles. The molecule has 1 unspecified atom stereocenters. The van der Waals surface area contributed by atoms with E-state index in [9.17, 15) is 9.59 Å². The molecule has 0 bridgehead atoms. The summed E-state index contributed by atoms with van der Waals surface area (Å²) < 4.78 is 15.9. The third kappa shape index (κ3) is 3.01. The summed E-state index contributed by atoms with van der Waals surface area (Å²) in [6, 6.07) is 5.42. The first-order chi connectivity index (χ1) is 9.55. The zero-order chi connectivity index (χ0) is 14.7. The normalized spacial score (nSPS) is 16.6. The van der Waals surface area contributed by atoms with E-state index >= 15 is 0 Å². The van der Waals surface area contributed by atoms with Crippen molar-refractivity contribution in [1.82, 2.24) is 0 Å². The van der Waals surface area contributed by atoms with Gasteiger partial charge in [0.2, 0.25) is 0 Å². The van der Waals surface area contributed by atoms with Crippen LogP contribution in [0.5, 0.6) is 5.75 Å². The molecule has 6 heteroatoms. The van der Waals surface area contributed by atoms with E-state index < -0.39 is 18.0 Å². The van der Waals surface area contributed by atoms with Crippen molar-refractivity contribution >= 4 is 33.9 Å². The quantitative estimate of drug-likeness (QED) is 0.790. The van der Waals surface area contributed by atoms with Gasteiger partial charge in [-0.25, -0.2) is 4.79 Å². The van der Waals surface area contributed by atoms with Crippen LogP contribution in [0, 0.1) is 0 Å². The van der Waals surface area contributed by atoms with Crippen LogP contribution in [0.4, 0.5) is 0 Å². The van der Waals surface area contributed by atoms with Crippen molar-refractivity contribution in [3.05, 3.63) is 33.8 Å². The summed E-state index contributed by atoms with van der Waals surface area (Å²) in [6.45, 7) is 0. The van der Waals surface area contributed by atoms with Crippen LogP contribution in [0.1, 0.15) is 12.0 Å². The third-order valence-corrected chi connectivity index (χ3v) is 3.39. The number of ether oxygens (including phenoxy) is 3. The van der Waals surface area contributed by atoms with Crippen LogP contribution in [-0.4, -0.2) is 32.3 Å². The third-order valence-electron chi connectivity index (χ3n) is 2.90. The molecular weight excluding hydrogens is 328 g/mol. The lowest BCUT2D eigenvalue weighted by Gasteiger charge is -2.25. The second kappa shape index (κ2) is 6.09.